The highest BCUT2D eigenvalue weighted by Gasteiger charge is 2.58. The summed E-state index contributed by atoms with van der Waals surface area (Å²) in [6.45, 7) is 1.63. The highest BCUT2D eigenvalue weighted by Crippen LogP contribution is 2.57. The van der Waals surface area contributed by atoms with Crippen LogP contribution in [0.15, 0.2) is 40.0 Å². The first-order valence-electron chi connectivity index (χ1n) is 10.3. The Morgan fingerprint density at radius 3 is 2.59 bits per heavy atom. The van der Waals surface area contributed by atoms with Gasteiger partial charge in [-0.15, -0.1) is 0 Å². The molecular weight excluding hydrogens is 492 g/mol. The smallest absolute Gasteiger partial charge is 0.267 e. The van der Waals surface area contributed by atoms with E-state index >= 15 is 0 Å². The zero-order chi connectivity index (χ0) is 22.8. The number of hydrogen-bond donors (Lipinski definition) is 1. The van der Waals surface area contributed by atoms with Crippen molar-refractivity contribution >= 4 is 32.7 Å². The van der Waals surface area contributed by atoms with Gasteiger partial charge in [0, 0.05) is 18.2 Å². The standard InChI is InChI=1S/C22H19BrF4N4O/c1-10(12-3-2-4-13(17(12)25)19(26)27)30-20-14-8-31(22-5-11(6-22)15(24)7-22)21(32)16(23)18(14)28-9-29-20/h2-4,8-11,15,19H,5-7H2,1H3,(H,28,29,30). The molecule has 0 spiro atoms. The predicted octanol–water partition coefficient (Wildman–Crippen LogP) is 5.65. The van der Waals surface area contributed by atoms with Crippen LogP contribution in [0.1, 0.15) is 49.8 Å². The summed E-state index contributed by atoms with van der Waals surface area (Å²) in [5.74, 6) is -0.676. The van der Waals surface area contributed by atoms with Crippen LogP contribution in [0.25, 0.3) is 10.9 Å². The number of nitrogens with zero attached hydrogens (tertiary/aromatic N) is 3. The van der Waals surface area contributed by atoms with Gasteiger partial charge >= 0.3 is 0 Å². The zero-order valence-electron chi connectivity index (χ0n) is 17.0. The molecule has 2 aromatic heterocycles. The summed E-state index contributed by atoms with van der Waals surface area (Å²) in [7, 11) is 0. The number of rotatable bonds is 5. The molecular formula is C22H19BrF4N4O. The molecule has 1 N–H and O–H groups in total. The minimum absolute atomic E-state index is 0.0221. The Balaban J connectivity index is 1.57. The number of pyridine rings is 1. The van der Waals surface area contributed by atoms with Gasteiger partial charge in [0.2, 0.25) is 0 Å². The third kappa shape index (κ3) is 3.14. The third-order valence-corrected chi connectivity index (χ3v) is 7.47. The number of benzene rings is 1. The van der Waals surface area contributed by atoms with Gasteiger partial charge in [0.05, 0.1) is 28.0 Å². The van der Waals surface area contributed by atoms with Gasteiger partial charge in [0.15, 0.2) is 0 Å². The first-order valence-corrected chi connectivity index (χ1v) is 11.0. The molecule has 32 heavy (non-hydrogen) atoms. The van der Waals surface area contributed by atoms with E-state index in [1.807, 2.05) is 0 Å². The molecule has 6 rings (SSSR count). The fourth-order valence-corrected chi connectivity index (χ4v) is 5.58. The van der Waals surface area contributed by atoms with Crippen LogP contribution in [0.5, 0.6) is 0 Å². The molecule has 2 bridgehead atoms. The predicted molar refractivity (Wildman–Crippen MR) is 115 cm³/mol. The van der Waals surface area contributed by atoms with Crippen molar-refractivity contribution in [3.63, 3.8) is 0 Å². The lowest BCUT2D eigenvalue weighted by atomic mass is 9.76. The maximum Gasteiger partial charge on any atom is 0.267 e. The van der Waals surface area contributed by atoms with Crippen LogP contribution in [-0.2, 0) is 5.54 Å². The largest absolute Gasteiger partial charge is 0.363 e. The Hall–Kier alpha value is -2.49. The van der Waals surface area contributed by atoms with Crippen molar-refractivity contribution in [1.82, 2.24) is 14.5 Å². The summed E-state index contributed by atoms with van der Waals surface area (Å²) >= 11 is 3.33. The summed E-state index contributed by atoms with van der Waals surface area (Å²) in [6, 6.07) is 3.17. The first kappa shape index (κ1) is 21.4. The zero-order valence-corrected chi connectivity index (χ0v) is 18.5. The maximum absolute atomic E-state index is 14.6. The molecule has 10 heteroatoms. The molecule has 1 aromatic carbocycles. The van der Waals surface area contributed by atoms with Crippen LogP contribution in [0.3, 0.4) is 0 Å². The molecule has 2 unspecified atom stereocenters. The lowest BCUT2D eigenvalue weighted by molar-refractivity contribution is 0.136. The van der Waals surface area contributed by atoms with Gasteiger partial charge in [-0.1, -0.05) is 18.2 Å². The molecule has 5 nitrogen and oxygen atoms in total. The van der Waals surface area contributed by atoms with Crippen LogP contribution >= 0.6 is 15.9 Å². The van der Waals surface area contributed by atoms with Gasteiger partial charge in [-0.2, -0.15) is 0 Å². The number of fused-ring (bicyclic) bond motifs is 2. The molecule has 3 saturated carbocycles. The van der Waals surface area contributed by atoms with Crippen molar-refractivity contribution in [2.75, 3.05) is 5.32 Å². The minimum atomic E-state index is -2.93. The van der Waals surface area contributed by atoms with Crippen LogP contribution in [0, 0.1) is 11.7 Å². The lowest BCUT2D eigenvalue weighted by Crippen LogP contribution is -2.45. The van der Waals surface area contributed by atoms with Gasteiger partial charge in [-0.25, -0.2) is 27.5 Å². The van der Waals surface area contributed by atoms with E-state index in [2.05, 4.69) is 31.2 Å². The number of hydrogen-bond acceptors (Lipinski definition) is 4. The fourth-order valence-electron chi connectivity index (χ4n) is 5.07. The number of nitrogens with one attached hydrogen (secondary N) is 1. The molecule has 3 fully saturated rings. The lowest BCUT2D eigenvalue weighted by Gasteiger charge is -2.40. The average Bonchev–Trinajstić information content (AvgIpc) is 3.23. The van der Waals surface area contributed by atoms with Crippen molar-refractivity contribution in [3.8, 4) is 0 Å². The summed E-state index contributed by atoms with van der Waals surface area (Å²) in [4.78, 5) is 21.4. The highest BCUT2D eigenvalue weighted by atomic mass is 79.9. The molecule has 0 aliphatic heterocycles. The number of aromatic nitrogens is 3. The Kier molecular flexibility index (Phi) is 5.03. The quantitative estimate of drug-likeness (QED) is 0.450. The van der Waals surface area contributed by atoms with Gasteiger partial charge in [-0.3, -0.25) is 4.79 Å². The Morgan fingerprint density at radius 2 is 1.94 bits per heavy atom. The van der Waals surface area contributed by atoms with E-state index in [0.717, 1.165) is 6.07 Å². The summed E-state index contributed by atoms with van der Waals surface area (Å²) in [5.41, 5.74) is -1.09. The monoisotopic (exact) mass is 510 g/mol. The summed E-state index contributed by atoms with van der Waals surface area (Å²) < 4.78 is 56.8. The molecule has 2 heterocycles. The number of halogens is 5. The van der Waals surface area contributed by atoms with Crippen molar-refractivity contribution in [1.29, 1.82) is 0 Å². The van der Waals surface area contributed by atoms with E-state index < -0.39 is 35.6 Å². The SMILES string of the molecule is CC(Nc1ncnc2c(Br)c(=O)n(C34CC(F)C(C3)C4)cc12)c1cccc(C(F)F)c1F. The molecule has 168 valence electrons. The molecule has 3 aromatic rings. The summed E-state index contributed by atoms with van der Waals surface area (Å²) in [5, 5.41) is 3.56. The van der Waals surface area contributed by atoms with Gasteiger partial charge in [0.1, 0.15) is 28.6 Å². The molecule has 3 aliphatic rings. The van der Waals surface area contributed by atoms with E-state index in [9.17, 15) is 22.4 Å². The van der Waals surface area contributed by atoms with Crippen molar-refractivity contribution < 1.29 is 17.6 Å². The van der Waals surface area contributed by atoms with Crippen LogP contribution in [-0.4, -0.2) is 20.7 Å². The third-order valence-electron chi connectivity index (χ3n) is 6.75. The van der Waals surface area contributed by atoms with Crippen LogP contribution < -0.4 is 10.9 Å². The second kappa shape index (κ2) is 7.54. The van der Waals surface area contributed by atoms with Crippen molar-refractivity contribution in [2.24, 2.45) is 5.92 Å². The maximum atomic E-state index is 14.6. The van der Waals surface area contributed by atoms with Gasteiger partial charge in [-0.05, 0) is 41.6 Å². The second-order valence-electron chi connectivity index (χ2n) is 8.63. The molecule has 0 amide bonds. The van der Waals surface area contributed by atoms with Crippen molar-refractivity contribution in [3.05, 3.63) is 62.5 Å². The van der Waals surface area contributed by atoms with Crippen LogP contribution in [0.4, 0.5) is 23.4 Å². The van der Waals surface area contributed by atoms with E-state index in [-0.39, 0.29) is 27.9 Å². The molecule has 3 aliphatic carbocycles. The van der Waals surface area contributed by atoms with Gasteiger partial charge in [0.25, 0.3) is 12.0 Å². The number of alkyl halides is 3. The molecule has 2 atom stereocenters. The Morgan fingerprint density at radius 1 is 1.22 bits per heavy atom. The summed E-state index contributed by atoms with van der Waals surface area (Å²) in [6.07, 6.45) is 0.526. The Labute approximate surface area is 189 Å². The van der Waals surface area contributed by atoms with E-state index in [0.29, 0.717) is 29.6 Å². The fraction of sp³-hybridized carbons (Fsp3) is 0.409. The Bertz CT molecular complexity index is 1270. The van der Waals surface area contributed by atoms with Crippen molar-refractivity contribution in [2.45, 2.75) is 50.4 Å². The second-order valence-corrected chi connectivity index (χ2v) is 9.43. The number of anilines is 1. The van der Waals surface area contributed by atoms with E-state index in [1.54, 1.807) is 17.7 Å². The minimum Gasteiger partial charge on any atom is -0.363 e. The van der Waals surface area contributed by atoms with E-state index in [4.69, 9.17) is 0 Å². The van der Waals surface area contributed by atoms with Gasteiger partial charge < -0.3 is 9.88 Å². The first-order chi connectivity index (χ1) is 15.2. The average molecular weight is 511 g/mol. The van der Waals surface area contributed by atoms with E-state index in [1.165, 1.54) is 18.5 Å². The normalized spacial score (nSPS) is 25.2. The van der Waals surface area contributed by atoms with Crippen LogP contribution in [0.2, 0.25) is 0 Å². The topological polar surface area (TPSA) is 59.8 Å². The molecule has 0 radical (unpaired) electrons. The molecule has 0 saturated heterocycles. The highest BCUT2D eigenvalue weighted by molar-refractivity contribution is 9.10.